The molecule has 0 aromatic carbocycles. The van der Waals surface area contributed by atoms with Gasteiger partial charge in [0.05, 0.1) is 12.2 Å². The Morgan fingerprint density at radius 3 is 2.73 bits per heavy atom. The summed E-state index contributed by atoms with van der Waals surface area (Å²) in [5.41, 5.74) is 0.0121. The van der Waals surface area contributed by atoms with Crippen molar-refractivity contribution in [3.8, 4) is 5.88 Å². The molecule has 8 nitrogen and oxygen atoms in total. The van der Waals surface area contributed by atoms with Crippen LogP contribution in [0.3, 0.4) is 0 Å². The normalized spacial score (nSPS) is 16.0. The number of rotatable bonds is 7. The molecule has 1 aliphatic rings. The van der Waals surface area contributed by atoms with Crippen molar-refractivity contribution in [1.82, 2.24) is 25.3 Å². The number of hydrogen-bond donors (Lipinski definition) is 1. The lowest BCUT2D eigenvalue weighted by Gasteiger charge is -2.36. The second-order valence-corrected chi connectivity index (χ2v) is 6.69. The fourth-order valence-electron chi connectivity index (χ4n) is 3.11. The van der Waals surface area contributed by atoms with Gasteiger partial charge in [-0.05, 0) is 19.1 Å². The van der Waals surface area contributed by atoms with E-state index in [2.05, 4.69) is 30.2 Å². The van der Waals surface area contributed by atoms with Gasteiger partial charge in [0.15, 0.2) is 5.96 Å². The zero-order valence-electron chi connectivity index (χ0n) is 16.7. The van der Waals surface area contributed by atoms with Crippen molar-refractivity contribution < 1.29 is 22.4 Å². The van der Waals surface area contributed by atoms with Crippen LogP contribution in [0.2, 0.25) is 0 Å². The van der Waals surface area contributed by atoms with Crippen molar-refractivity contribution in [1.29, 1.82) is 0 Å². The summed E-state index contributed by atoms with van der Waals surface area (Å²) in [6.07, 6.45) is -1.67. The number of pyridine rings is 1. The molecule has 2 aromatic rings. The lowest BCUT2D eigenvalue weighted by molar-refractivity contribution is -0.139. The molecule has 1 saturated heterocycles. The highest BCUT2D eigenvalue weighted by Gasteiger charge is 2.35. The minimum absolute atomic E-state index is 0.00110. The second-order valence-electron chi connectivity index (χ2n) is 6.69. The molecule has 1 fully saturated rings. The SMILES string of the molecule is CCNC(=NCCOc1ncccc1C(F)(F)F)N1CCN(Cc2ccon2)CC1. The standard InChI is InChI=1S/C19H25F3N6O2/c1-2-23-18(28-10-8-27(9-11-28)14-15-5-12-30-26-15)25-7-13-29-17-16(19(20,21)22)4-3-6-24-17/h3-6,12H,2,7-11,13-14H2,1H3,(H,23,25). The highest BCUT2D eigenvalue weighted by atomic mass is 19.4. The predicted octanol–water partition coefficient (Wildman–Crippen LogP) is 2.25. The molecular formula is C19H25F3N6O2. The van der Waals surface area contributed by atoms with Gasteiger partial charge in [-0.2, -0.15) is 13.2 Å². The van der Waals surface area contributed by atoms with E-state index in [9.17, 15) is 13.2 Å². The van der Waals surface area contributed by atoms with Crippen LogP contribution in [0.25, 0.3) is 0 Å². The number of halogens is 3. The number of alkyl halides is 3. The largest absolute Gasteiger partial charge is 0.475 e. The van der Waals surface area contributed by atoms with E-state index in [1.54, 1.807) is 6.26 Å². The average Bonchev–Trinajstić information content (AvgIpc) is 3.24. The van der Waals surface area contributed by atoms with Gasteiger partial charge in [-0.25, -0.2) is 9.98 Å². The van der Waals surface area contributed by atoms with Crippen molar-refractivity contribution in [2.75, 3.05) is 45.9 Å². The van der Waals surface area contributed by atoms with Gasteiger partial charge in [0.2, 0.25) is 5.88 Å². The first-order chi connectivity index (χ1) is 14.5. The average molecular weight is 426 g/mol. The van der Waals surface area contributed by atoms with Crippen LogP contribution in [-0.2, 0) is 12.7 Å². The van der Waals surface area contributed by atoms with Crippen LogP contribution < -0.4 is 10.1 Å². The lowest BCUT2D eigenvalue weighted by Crippen LogP contribution is -2.52. The molecule has 3 rings (SSSR count). The summed E-state index contributed by atoms with van der Waals surface area (Å²) >= 11 is 0. The van der Waals surface area contributed by atoms with Gasteiger partial charge in [-0.15, -0.1) is 0 Å². The van der Waals surface area contributed by atoms with Gasteiger partial charge >= 0.3 is 6.18 Å². The Morgan fingerprint density at radius 1 is 1.27 bits per heavy atom. The third-order valence-corrected chi connectivity index (χ3v) is 4.55. The Morgan fingerprint density at radius 2 is 2.07 bits per heavy atom. The number of ether oxygens (including phenoxy) is 1. The van der Waals surface area contributed by atoms with Crippen LogP contribution in [-0.4, -0.2) is 71.8 Å². The zero-order valence-corrected chi connectivity index (χ0v) is 16.7. The summed E-state index contributed by atoms with van der Waals surface area (Å²) in [5.74, 6) is 0.297. The number of aliphatic imine (C=N–C) groups is 1. The molecular weight excluding hydrogens is 401 g/mol. The van der Waals surface area contributed by atoms with E-state index in [-0.39, 0.29) is 13.2 Å². The minimum atomic E-state index is -4.51. The minimum Gasteiger partial charge on any atom is -0.475 e. The fraction of sp³-hybridized carbons (Fsp3) is 0.526. The third-order valence-electron chi connectivity index (χ3n) is 4.55. The summed E-state index contributed by atoms with van der Waals surface area (Å²) in [6.45, 7) is 6.86. The number of nitrogens with zero attached hydrogens (tertiary/aromatic N) is 5. The van der Waals surface area contributed by atoms with E-state index < -0.39 is 17.6 Å². The Labute approximate surface area is 172 Å². The highest BCUT2D eigenvalue weighted by molar-refractivity contribution is 5.80. The first kappa shape index (κ1) is 21.9. The van der Waals surface area contributed by atoms with Gasteiger partial charge in [0.25, 0.3) is 0 Å². The molecule has 0 atom stereocenters. The Balaban J connectivity index is 1.51. The van der Waals surface area contributed by atoms with Gasteiger partial charge in [0, 0.05) is 51.5 Å². The fourth-order valence-corrected chi connectivity index (χ4v) is 3.11. The van der Waals surface area contributed by atoms with Crippen molar-refractivity contribution in [3.05, 3.63) is 41.9 Å². The van der Waals surface area contributed by atoms with Crippen LogP contribution in [0, 0.1) is 0 Å². The molecule has 0 bridgehead atoms. The molecule has 1 N–H and O–H groups in total. The number of guanidine groups is 1. The van der Waals surface area contributed by atoms with Gasteiger partial charge in [-0.3, -0.25) is 4.90 Å². The van der Waals surface area contributed by atoms with Crippen molar-refractivity contribution in [2.45, 2.75) is 19.6 Å². The predicted molar refractivity (Wildman–Crippen MR) is 104 cm³/mol. The molecule has 0 aliphatic carbocycles. The second kappa shape index (κ2) is 10.3. The van der Waals surface area contributed by atoms with E-state index in [4.69, 9.17) is 9.26 Å². The van der Waals surface area contributed by atoms with Gasteiger partial charge < -0.3 is 19.5 Å². The summed E-state index contributed by atoms with van der Waals surface area (Å²) < 4.78 is 49.1. The Kier molecular flexibility index (Phi) is 7.50. The zero-order chi connectivity index (χ0) is 21.4. The maximum absolute atomic E-state index is 13.0. The highest BCUT2D eigenvalue weighted by Crippen LogP contribution is 2.34. The first-order valence-corrected chi connectivity index (χ1v) is 9.77. The van der Waals surface area contributed by atoms with Crippen molar-refractivity contribution in [3.63, 3.8) is 0 Å². The number of aromatic nitrogens is 2. The maximum atomic E-state index is 13.0. The van der Waals surface area contributed by atoms with E-state index >= 15 is 0 Å². The number of piperazine rings is 1. The van der Waals surface area contributed by atoms with Gasteiger partial charge in [-0.1, -0.05) is 5.16 Å². The molecule has 0 saturated carbocycles. The molecule has 0 radical (unpaired) electrons. The van der Waals surface area contributed by atoms with E-state index in [1.807, 2.05) is 13.0 Å². The Hall–Kier alpha value is -2.82. The summed E-state index contributed by atoms with van der Waals surface area (Å²) in [7, 11) is 0. The van der Waals surface area contributed by atoms with Crippen molar-refractivity contribution in [2.24, 2.45) is 4.99 Å². The van der Waals surface area contributed by atoms with Crippen LogP contribution in [0.5, 0.6) is 5.88 Å². The molecule has 11 heteroatoms. The van der Waals surface area contributed by atoms with E-state index in [1.165, 1.54) is 12.3 Å². The molecule has 1 aliphatic heterocycles. The quantitative estimate of drug-likeness (QED) is 0.413. The number of nitrogens with one attached hydrogen (secondary N) is 1. The molecule has 3 heterocycles. The Bertz CT molecular complexity index is 805. The van der Waals surface area contributed by atoms with E-state index in [0.29, 0.717) is 6.54 Å². The van der Waals surface area contributed by atoms with Gasteiger partial charge in [0.1, 0.15) is 18.4 Å². The molecule has 0 amide bonds. The monoisotopic (exact) mass is 426 g/mol. The summed E-state index contributed by atoms with van der Waals surface area (Å²) in [5, 5.41) is 7.16. The summed E-state index contributed by atoms with van der Waals surface area (Å²) in [6, 6.07) is 4.04. The topological polar surface area (TPSA) is 79.0 Å². The summed E-state index contributed by atoms with van der Waals surface area (Å²) in [4.78, 5) is 12.6. The smallest absolute Gasteiger partial charge is 0.421 e. The van der Waals surface area contributed by atoms with Crippen LogP contribution in [0.1, 0.15) is 18.2 Å². The van der Waals surface area contributed by atoms with Crippen LogP contribution in [0.4, 0.5) is 13.2 Å². The first-order valence-electron chi connectivity index (χ1n) is 9.77. The number of hydrogen-bond acceptors (Lipinski definition) is 6. The van der Waals surface area contributed by atoms with Crippen LogP contribution >= 0.6 is 0 Å². The molecule has 0 unspecified atom stereocenters. The van der Waals surface area contributed by atoms with E-state index in [0.717, 1.165) is 50.4 Å². The molecule has 0 spiro atoms. The van der Waals surface area contributed by atoms with Crippen LogP contribution in [0.15, 0.2) is 40.2 Å². The molecule has 30 heavy (non-hydrogen) atoms. The third kappa shape index (κ3) is 6.09. The molecule has 2 aromatic heterocycles. The van der Waals surface area contributed by atoms with Crippen molar-refractivity contribution >= 4 is 5.96 Å². The maximum Gasteiger partial charge on any atom is 0.421 e. The molecule has 164 valence electrons. The lowest BCUT2D eigenvalue weighted by atomic mass is 10.2.